The quantitative estimate of drug-likeness (QED) is 0.117. The molecule has 5 aromatic rings. The van der Waals surface area contributed by atoms with Crippen LogP contribution >= 0.6 is 0 Å². The molecule has 316 valence electrons. The van der Waals surface area contributed by atoms with E-state index in [0.717, 1.165) is 75.1 Å². The van der Waals surface area contributed by atoms with Crippen LogP contribution in [0.1, 0.15) is 77.1 Å². The normalized spacial score (nSPS) is 21.3. The van der Waals surface area contributed by atoms with E-state index in [4.69, 9.17) is 24.2 Å². The summed E-state index contributed by atoms with van der Waals surface area (Å²) in [5.74, 6) is 0.885. The number of hydrogen-bond donors (Lipinski definition) is 4. The van der Waals surface area contributed by atoms with Gasteiger partial charge in [0.25, 0.3) is 0 Å². The standard InChI is InChI=1S/C45H54N8O7/c1-25(2)36(50-43(56)58-5)41(54)52-18-7-8-34(52)39-46-22-33(48-39)28-11-9-27(10-12-28)29-13-15-31-30(20-29)14-16-32-38(31)49-40(47-32)35-21-45(17-19-60-24-45)23-53(35)42(55)37(26(3)4)51-44(57)59-6/h9-16,20,22,25-26,34-37H,7-8,17-19,21,23-24H2,1-6H3,(H,46,48)(H,47,49)(H,50,56)(H,51,57)/t34-,35-,36-,37-,45+/m0/s1. The van der Waals surface area contributed by atoms with Crippen molar-refractivity contribution in [2.75, 3.05) is 40.5 Å². The summed E-state index contributed by atoms with van der Waals surface area (Å²) >= 11 is 0. The van der Waals surface area contributed by atoms with Gasteiger partial charge in [0.1, 0.15) is 23.7 Å². The van der Waals surface area contributed by atoms with Gasteiger partial charge in [0.05, 0.1) is 55.8 Å². The minimum atomic E-state index is -0.742. The summed E-state index contributed by atoms with van der Waals surface area (Å²) in [7, 11) is 2.59. The second kappa shape index (κ2) is 16.6. The summed E-state index contributed by atoms with van der Waals surface area (Å²) in [5.41, 5.74) is 5.50. The molecule has 3 aliphatic heterocycles. The molecule has 5 heterocycles. The Balaban J connectivity index is 1.01. The minimum absolute atomic E-state index is 0.111. The fourth-order valence-corrected chi connectivity index (χ4v) is 9.19. The second-order valence-corrected chi connectivity index (χ2v) is 17.2. The fraction of sp³-hybridized carbons (Fsp3) is 0.467. The molecule has 4 amide bonds. The molecule has 0 unspecified atom stereocenters. The van der Waals surface area contributed by atoms with Crippen LogP contribution in [0.25, 0.3) is 44.2 Å². The smallest absolute Gasteiger partial charge is 0.407 e. The predicted octanol–water partition coefficient (Wildman–Crippen LogP) is 6.88. The van der Waals surface area contributed by atoms with Gasteiger partial charge in [-0.1, -0.05) is 70.2 Å². The van der Waals surface area contributed by atoms with E-state index in [-0.39, 0.29) is 41.1 Å². The number of carbonyl (C=O) groups is 4. The zero-order valence-electron chi connectivity index (χ0n) is 35.0. The molecular formula is C45H54N8O7. The summed E-state index contributed by atoms with van der Waals surface area (Å²) < 4.78 is 15.5. The van der Waals surface area contributed by atoms with Gasteiger partial charge in [-0.15, -0.1) is 0 Å². The van der Waals surface area contributed by atoms with Crippen molar-refractivity contribution in [1.82, 2.24) is 40.4 Å². The lowest BCUT2D eigenvalue weighted by atomic mass is 9.85. The Kier molecular flexibility index (Phi) is 11.3. The molecule has 0 saturated carbocycles. The van der Waals surface area contributed by atoms with Crippen molar-refractivity contribution in [3.63, 3.8) is 0 Å². The average Bonchev–Trinajstić information content (AvgIpc) is 4.11. The predicted molar refractivity (Wildman–Crippen MR) is 226 cm³/mol. The molecule has 5 atom stereocenters. The number of benzene rings is 3. The summed E-state index contributed by atoms with van der Waals surface area (Å²) in [4.78, 5) is 72.6. The first-order chi connectivity index (χ1) is 28.9. The highest BCUT2D eigenvalue weighted by molar-refractivity contribution is 6.05. The van der Waals surface area contributed by atoms with E-state index in [1.807, 2.05) is 43.6 Å². The molecule has 8 rings (SSSR count). The highest BCUT2D eigenvalue weighted by Gasteiger charge is 2.51. The number of alkyl carbamates (subject to hydrolysis) is 2. The van der Waals surface area contributed by atoms with Crippen LogP contribution in [-0.2, 0) is 23.8 Å². The first-order valence-corrected chi connectivity index (χ1v) is 20.8. The van der Waals surface area contributed by atoms with Crippen LogP contribution < -0.4 is 10.6 Å². The van der Waals surface area contributed by atoms with E-state index in [2.05, 4.69) is 69.1 Å². The highest BCUT2D eigenvalue weighted by atomic mass is 16.5. The van der Waals surface area contributed by atoms with Crippen LogP contribution in [0.4, 0.5) is 9.59 Å². The summed E-state index contributed by atoms with van der Waals surface area (Å²) in [6, 6.07) is 16.9. The van der Waals surface area contributed by atoms with E-state index in [9.17, 15) is 19.2 Å². The number of nitrogens with zero attached hydrogens (tertiary/aromatic N) is 4. The van der Waals surface area contributed by atoms with E-state index < -0.39 is 24.3 Å². The Morgan fingerprint density at radius 3 is 2.13 bits per heavy atom. The van der Waals surface area contributed by atoms with E-state index in [1.165, 1.54) is 14.2 Å². The SMILES string of the molecule is COC(=O)N[C@H](C(=O)N1CCC[C@H]1c1ncc(-c2ccc(-c3ccc4c(ccc5[nH]c([C@@H]6C[C@]7(CCOC7)CN6C(=O)[C@@H](NC(=O)OC)C(C)C)nc54)c3)cc2)[nH]1)C(C)C. The fourth-order valence-electron chi connectivity index (χ4n) is 9.19. The Labute approximate surface area is 348 Å². The van der Waals surface area contributed by atoms with Crippen LogP contribution in [0.2, 0.25) is 0 Å². The number of methoxy groups -OCH3 is 2. The number of likely N-dealkylation sites (tertiary alicyclic amines) is 2. The molecular weight excluding hydrogens is 765 g/mol. The Hall–Kier alpha value is -5.96. The third-order valence-electron chi connectivity index (χ3n) is 12.5. The number of aromatic amines is 2. The van der Waals surface area contributed by atoms with Gasteiger partial charge >= 0.3 is 12.2 Å². The zero-order chi connectivity index (χ0) is 42.3. The number of aromatic nitrogens is 4. The molecule has 3 aliphatic rings. The first-order valence-electron chi connectivity index (χ1n) is 20.8. The highest BCUT2D eigenvalue weighted by Crippen LogP contribution is 2.48. The van der Waals surface area contributed by atoms with Crippen molar-refractivity contribution < 1.29 is 33.4 Å². The number of nitrogens with one attached hydrogen (secondary N) is 4. The lowest BCUT2D eigenvalue weighted by Crippen LogP contribution is -2.51. The maximum absolute atomic E-state index is 14.2. The maximum atomic E-state index is 14.2. The topological polar surface area (TPSA) is 184 Å². The third kappa shape index (κ3) is 7.78. The lowest BCUT2D eigenvalue weighted by Gasteiger charge is -2.30. The lowest BCUT2D eigenvalue weighted by molar-refractivity contribution is -0.136. The molecule has 60 heavy (non-hydrogen) atoms. The number of fused-ring (bicyclic) bond motifs is 3. The van der Waals surface area contributed by atoms with Crippen LogP contribution in [0, 0.1) is 17.3 Å². The average molecular weight is 819 g/mol. The van der Waals surface area contributed by atoms with E-state index in [0.29, 0.717) is 32.7 Å². The van der Waals surface area contributed by atoms with Crippen molar-refractivity contribution in [1.29, 1.82) is 0 Å². The molecule has 15 nitrogen and oxygen atoms in total. The molecule has 1 spiro atoms. The summed E-state index contributed by atoms with van der Waals surface area (Å²) in [6.07, 6.45) is 3.74. The first kappa shape index (κ1) is 40.8. The monoisotopic (exact) mass is 818 g/mol. The van der Waals surface area contributed by atoms with Crippen LogP contribution in [0.15, 0.2) is 60.8 Å². The molecule has 15 heteroatoms. The molecule has 0 bridgehead atoms. The number of rotatable bonds is 10. The van der Waals surface area contributed by atoms with Gasteiger partial charge in [0.2, 0.25) is 11.8 Å². The van der Waals surface area contributed by atoms with Crippen molar-refractivity contribution in [2.45, 2.75) is 77.5 Å². The summed E-state index contributed by atoms with van der Waals surface area (Å²) in [5, 5.41) is 7.51. The van der Waals surface area contributed by atoms with Crippen LogP contribution in [-0.4, -0.2) is 106 Å². The second-order valence-electron chi connectivity index (χ2n) is 17.2. The third-order valence-corrected chi connectivity index (χ3v) is 12.5. The Morgan fingerprint density at radius 2 is 1.48 bits per heavy atom. The van der Waals surface area contributed by atoms with Gasteiger partial charge in [-0.25, -0.2) is 19.6 Å². The van der Waals surface area contributed by atoms with E-state index >= 15 is 0 Å². The largest absolute Gasteiger partial charge is 0.453 e. The molecule has 0 aliphatic carbocycles. The molecule has 4 N–H and O–H groups in total. The number of carbonyl (C=O) groups excluding carboxylic acids is 4. The van der Waals surface area contributed by atoms with Crippen LogP contribution in [0.5, 0.6) is 0 Å². The van der Waals surface area contributed by atoms with Crippen molar-refractivity contribution in [3.8, 4) is 22.4 Å². The molecule has 3 aromatic carbocycles. The number of hydrogen-bond acceptors (Lipinski definition) is 9. The summed E-state index contributed by atoms with van der Waals surface area (Å²) in [6.45, 7) is 9.99. The van der Waals surface area contributed by atoms with Crippen molar-refractivity contribution >= 4 is 45.8 Å². The van der Waals surface area contributed by atoms with Gasteiger partial charge in [-0.3, -0.25) is 9.59 Å². The molecule has 3 saturated heterocycles. The molecule has 0 radical (unpaired) electrons. The van der Waals surface area contributed by atoms with Gasteiger partial charge in [0.15, 0.2) is 0 Å². The number of ether oxygens (including phenoxy) is 3. The number of imidazole rings is 2. The molecule has 2 aromatic heterocycles. The van der Waals surface area contributed by atoms with Gasteiger partial charge in [-0.2, -0.15) is 0 Å². The van der Waals surface area contributed by atoms with Crippen molar-refractivity contribution in [3.05, 3.63) is 72.4 Å². The maximum Gasteiger partial charge on any atom is 0.407 e. The Bertz CT molecular complexity index is 2400. The van der Waals surface area contributed by atoms with E-state index in [1.54, 1.807) is 6.20 Å². The molecule has 3 fully saturated rings. The van der Waals surface area contributed by atoms with Gasteiger partial charge in [-0.05, 0) is 71.7 Å². The van der Waals surface area contributed by atoms with Gasteiger partial charge in [0, 0.05) is 30.5 Å². The van der Waals surface area contributed by atoms with Crippen LogP contribution in [0.3, 0.4) is 0 Å². The Morgan fingerprint density at radius 1 is 0.817 bits per heavy atom. The number of amides is 4. The minimum Gasteiger partial charge on any atom is -0.453 e. The van der Waals surface area contributed by atoms with Crippen molar-refractivity contribution in [2.24, 2.45) is 17.3 Å². The zero-order valence-corrected chi connectivity index (χ0v) is 35.0. The van der Waals surface area contributed by atoms with Gasteiger partial charge < -0.3 is 44.6 Å². The number of H-pyrrole nitrogens is 2.